The number of benzene rings is 1. The van der Waals surface area contributed by atoms with Crippen molar-refractivity contribution in [2.45, 2.75) is 6.92 Å². The van der Waals surface area contributed by atoms with Gasteiger partial charge in [-0.15, -0.1) is 11.3 Å². The molecule has 4 rings (SSSR count). The van der Waals surface area contributed by atoms with Crippen LogP contribution in [0.2, 0.25) is 0 Å². The predicted octanol–water partition coefficient (Wildman–Crippen LogP) is 4.36. The van der Waals surface area contributed by atoms with E-state index >= 15 is 0 Å². The van der Waals surface area contributed by atoms with Crippen molar-refractivity contribution in [3.05, 3.63) is 63.0 Å². The average molecular weight is 459 g/mol. The number of rotatable bonds is 4. The summed E-state index contributed by atoms with van der Waals surface area (Å²) in [7, 11) is 0. The summed E-state index contributed by atoms with van der Waals surface area (Å²) in [6, 6.07) is 13.3. The number of hydrogen-bond donors (Lipinski definition) is 0. The smallest absolute Gasteiger partial charge is 0.264 e. The van der Waals surface area contributed by atoms with Gasteiger partial charge < -0.3 is 14.5 Å². The first-order valence-corrected chi connectivity index (χ1v) is 10.6. The molecule has 1 saturated heterocycles. The topological polar surface area (TPSA) is 58.6 Å². The van der Waals surface area contributed by atoms with E-state index in [1.807, 2.05) is 59.7 Å². The molecule has 2 aromatic heterocycles. The number of thiophene rings is 1. The van der Waals surface area contributed by atoms with Gasteiger partial charge in [0.2, 0.25) is 5.88 Å². The molecular weight excluding hydrogens is 440 g/mol. The van der Waals surface area contributed by atoms with Crippen molar-refractivity contribution in [1.82, 2.24) is 14.9 Å². The Morgan fingerprint density at radius 1 is 1.11 bits per heavy atom. The third kappa shape index (κ3) is 4.34. The number of piperazine rings is 1. The molecule has 0 saturated carbocycles. The molecule has 0 bridgehead atoms. The molecule has 0 N–H and O–H groups in total. The van der Waals surface area contributed by atoms with E-state index in [2.05, 4.69) is 30.8 Å². The van der Waals surface area contributed by atoms with Crippen molar-refractivity contribution in [2.24, 2.45) is 0 Å². The lowest BCUT2D eigenvalue weighted by Gasteiger charge is -2.35. The summed E-state index contributed by atoms with van der Waals surface area (Å²) < 4.78 is 6.81. The van der Waals surface area contributed by atoms with E-state index in [4.69, 9.17) is 4.74 Å². The second-order valence-corrected chi connectivity index (χ2v) is 8.26. The monoisotopic (exact) mass is 458 g/mol. The van der Waals surface area contributed by atoms with Gasteiger partial charge in [0.15, 0.2) is 0 Å². The highest BCUT2D eigenvalue weighted by Gasteiger charge is 2.24. The van der Waals surface area contributed by atoms with Crippen LogP contribution in [-0.4, -0.2) is 47.0 Å². The Morgan fingerprint density at radius 2 is 1.86 bits per heavy atom. The minimum absolute atomic E-state index is 0.0855. The number of anilines is 1. The standard InChI is InChI=1S/C20H19BrN4O2S/c1-14-22-18(12-19(23-14)27-16-5-3-2-4-6-16)24-7-9-25(10-8-24)20(26)17-11-15(21)13-28-17/h2-6,11-13H,7-10H2,1H3. The lowest BCUT2D eigenvalue weighted by atomic mass is 10.3. The highest BCUT2D eigenvalue weighted by atomic mass is 79.9. The van der Waals surface area contributed by atoms with Crippen LogP contribution in [0, 0.1) is 6.92 Å². The Labute approximate surface area is 175 Å². The van der Waals surface area contributed by atoms with E-state index in [0.29, 0.717) is 24.8 Å². The molecule has 8 heteroatoms. The fourth-order valence-corrected chi connectivity index (χ4v) is 4.46. The summed E-state index contributed by atoms with van der Waals surface area (Å²) >= 11 is 4.87. The van der Waals surface area contributed by atoms with E-state index in [9.17, 15) is 4.79 Å². The van der Waals surface area contributed by atoms with Crippen LogP contribution in [0.15, 0.2) is 52.3 Å². The quantitative estimate of drug-likeness (QED) is 0.580. The molecule has 1 amide bonds. The van der Waals surface area contributed by atoms with Crippen LogP contribution >= 0.6 is 27.3 Å². The molecular formula is C20H19BrN4O2S. The number of aryl methyl sites for hydroxylation is 1. The van der Waals surface area contributed by atoms with Crippen molar-refractivity contribution < 1.29 is 9.53 Å². The van der Waals surface area contributed by atoms with Crippen molar-refractivity contribution >= 4 is 39.0 Å². The minimum Gasteiger partial charge on any atom is -0.439 e. The third-order valence-electron chi connectivity index (χ3n) is 4.44. The predicted molar refractivity (Wildman–Crippen MR) is 113 cm³/mol. The third-order valence-corrected chi connectivity index (χ3v) is 6.11. The summed E-state index contributed by atoms with van der Waals surface area (Å²) in [5, 5.41) is 1.93. The number of aromatic nitrogens is 2. The highest BCUT2D eigenvalue weighted by molar-refractivity contribution is 9.10. The van der Waals surface area contributed by atoms with E-state index in [0.717, 1.165) is 34.0 Å². The van der Waals surface area contributed by atoms with Gasteiger partial charge in [0.05, 0.1) is 4.88 Å². The molecule has 1 aliphatic heterocycles. The molecule has 144 valence electrons. The molecule has 1 fully saturated rings. The van der Waals surface area contributed by atoms with Gasteiger partial charge in [-0.05, 0) is 41.1 Å². The fourth-order valence-electron chi connectivity index (χ4n) is 3.07. The molecule has 1 aromatic carbocycles. The van der Waals surface area contributed by atoms with Gasteiger partial charge in [0.25, 0.3) is 5.91 Å². The zero-order valence-electron chi connectivity index (χ0n) is 15.3. The maximum Gasteiger partial charge on any atom is 0.264 e. The number of ether oxygens (including phenoxy) is 1. The Kier molecular flexibility index (Phi) is 5.59. The van der Waals surface area contributed by atoms with E-state index in [1.54, 1.807) is 0 Å². The number of halogens is 1. The molecule has 0 unspecified atom stereocenters. The zero-order chi connectivity index (χ0) is 19.5. The minimum atomic E-state index is 0.0855. The van der Waals surface area contributed by atoms with Crippen LogP contribution in [0.4, 0.5) is 5.82 Å². The molecule has 28 heavy (non-hydrogen) atoms. The van der Waals surface area contributed by atoms with Crippen LogP contribution in [0.3, 0.4) is 0 Å². The normalized spacial score (nSPS) is 14.2. The zero-order valence-corrected chi connectivity index (χ0v) is 17.7. The number of carbonyl (C=O) groups is 1. The largest absolute Gasteiger partial charge is 0.439 e. The summed E-state index contributed by atoms with van der Waals surface area (Å²) in [5.74, 6) is 2.83. The first kappa shape index (κ1) is 18.9. The van der Waals surface area contributed by atoms with Crippen LogP contribution in [-0.2, 0) is 0 Å². The highest BCUT2D eigenvalue weighted by Crippen LogP contribution is 2.25. The molecule has 0 radical (unpaired) electrons. The van der Waals surface area contributed by atoms with Crippen molar-refractivity contribution in [2.75, 3.05) is 31.1 Å². The van der Waals surface area contributed by atoms with E-state index < -0.39 is 0 Å². The first-order valence-electron chi connectivity index (χ1n) is 8.95. The van der Waals surface area contributed by atoms with E-state index in [1.165, 1.54) is 11.3 Å². The molecule has 0 atom stereocenters. The maximum absolute atomic E-state index is 12.6. The lowest BCUT2D eigenvalue weighted by molar-refractivity contribution is 0.0751. The summed E-state index contributed by atoms with van der Waals surface area (Å²) in [5.41, 5.74) is 0. The van der Waals surface area contributed by atoms with Crippen LogP contribution < -0.4 is 9.64 Å². The number of carbonyl (C=O) groups excluding carboxylic acids is 1. The van der Waals surface area contributed by atoms with Crippen LogP contribution in [0.25, 0.3) is 0 Å². The van der Waals surface area contributed by atoms with Gasteiger partial charge in [-0.2, -0.15) is 4.98 Å². The second-order valence-electron chi connectivity index (χ2n) is 6.44. The molecule has 3 heterocycles. The fraction of sp³-hybridized carbons (Fsp3) is 0.250. The number of nitrogens with zero attached hydrogens (tertiary/aromatic N) is 4. The SMILES string of the molecule is Cc1nc(Oc2ccccc2)cc(N2CCN(C(=O)c3cc(Br)cs3)CC2)n1. The first-order chi connectivity index (χ1) is 13.6. The second kappa shape index (κ2) is 8.28. The summed E-state index contributed by atoms with van der Waals surface area (Å²) in [6.45, 7) is 4.62. The van der Waals surface area contributed by atoms with E-state index in [-0.39, 0.29) is 5.91 Å². The molecule has 1 aliphatic rings. The van der Waals surface area contributed by atoms with Gasteiger partial charge in [0, 0.05) is 42.1 Å². The Hall–Kier alpha value is -2.45. The molecule has 0 spiro atoms. The van der Waals surface area contributed by atoms with Gasteiger partial charge >= 0.3 is 0 Å². The Bertz CT molecular complexity index is 971. The Balaban J connectivity index is 1.43. The van der Waals surface area contributed by atoms with Gasteiger partial charge in [0.1, 0.15) is 17.4 Å². The van der Waals surface area contributed by atoms with Crippen molar-refractivity contribution in [3.8, 4) is 11.6 Å². The van der Waals surface area contributed by atoms with Gasteiger partial charge in [-0.3, -0.25) is 4.79 Å². The van der Waals surface area contributed by atoms with Crippen LogP contribution in [0.5, 0.6) is 11.6 Å². The molecule has 3 aromatic rings. The van der Waals surface area contributed by atoms with Crippen LogP contribution in [0.1, 0.15) is 15.5 Å². The lowest BCUT2D eigenvalue weighted by Crippen LogP contribution is -2.49. The summed E-state index contributed by atoms with van der Waals surface area (Å²) in [4.78, 5) is 26.4. The van der Waals surface area contributed by atoms with Crippen molar-refractivity contribution in [3.63, 3.8) is 0 Å². The van der Waals surface area contributed by atoms with Gasteiger partial charge in [-0.1, -0.05) is 18.2 Å². The molecule has 0 aliphatic carbocycles. The number of hydrogen-bond acceptors (Lipinski definition) is 6. The number of amides is 1. The maximum atomic E-state index is 12.6. The number of para-hydroxylation sites is 1. The average Bonchev–Trinajstić information content (AvgIpc) is 3.14. The van der Waals surface area contributed by atoms with Gasteiger partial charge in [-0.25, -0.2) is 4.98 Å². The van der Waals surface area contributed by atoms with Crippen molar-refractivity contribution in [1.29, 1.82) is 0 Å². The molecule has 6 nitrogen and oxygen atoms in total. The summed E-state index contributed by atoms with van der Waals surface area (Å²) in [6.07, 6.45) is 0. The Morgan fingerprint density at radius 3 is 2.54 bits per heavy atom.